The van der Waals surface area contributed by atoms with Gasteiger partial charge in [0.15, 0.2) is 0 Å². The SMILES string of the molecule is CCC(CC)C(=O)NCc1cccc(CN)c1. The van der Waals surface area contributed by atoms with E-state index in [-0.39, 0.29) is 11.8 Å². The topological polar surface area (TPSA) is 55.1 Å². The molecule has 0 saturated heterocycles. The maximum Gasteiger partial charge on any atom is 0.223 e. The third-order valence-electron chi connectivity index (χ3n) is 3.05. The molecule has 1 aromatic carbocycles. The van der Waals surface area contributed by atoms with Crippen molar-refractivity contribution in [1.29, 1.82) is 0 Å². The number of hydrogen-bond donors (Lipinski definition) is 2. The van der Waals surface area contributed by atoms with Crippen LogP contribution in [0.15, 0.2) is 24.3 Å². The molecule has 17 heavy (non-hydrogen) atoms. The third-order valence-corrected chi connectivity index (χ3v) is 3.05. The van der Waals surface area contributed by atoms with Crippen LogP contribution in [0.1, 0.15) is 37.8 Å². The predicted molar refractivity (Wildman–Crippen MR) is 70.3 cm³/mol. The summed E-state index contributed by atoms with van der Waals surface area (Å²) < 4.78 is 0. The van der Waals surface area contributed by atoms with Crippen LogP contribution in [0.3, 0.4) is 0 Å². The Balaban J connectivity index is 2.52. The summed E-state index contributed by atoms with van der Waals surface area (Å²) in [6, 6.07) is 8.01. The van der Waals surface area contributed by atoms with Gasteiger partial charge in [-0.2, -0.15) is 0 Å². The van der Waals surface area contributed by atoms with Crippen LogP contribution in [0, 0.1) is 5.92 Å². The molecule has 0 aliphatic carbocycles. The fraction of sp³-hybridized carbons (Fsp3) is 0.500. The number of nitrogens with two attached hydrogens (primary N) is 1. The molecule has 94 valence electrons. The molecule has 0 aromatic heterocycles. The molecule has 0 unspecified atom stereocenters. The largest absolute Gasteiger partial charge is 0.352 e. The van der Waals surface area contributed by atoms with Gasteiger partial charge in [0, 0.05) is 19.0 Å². The number of nitrogens with one attached hydrogen (secondary N) is 1. The van der Waals surface area contributed by atoms with E-state index in [9.17, 15) is 4.79 Å². The van der Waals surface area contributed by atoms with Gasteiger partial charge in [-0.25, -0.2) is 0 Å². The van der Waals surface area contributed by atoms with Crippen molar-refractivity contribution < 1.29 is 4.79 Å². The Labute approximate surface area is 103 Å². The summed E-state index contributed by atoms with van der Waals surface area (Å²) >= 11 is 0. The van der Waals surface area contributed by atoms with Crippen LogP contribution in [-0.2, 0) is 17.9 Å². The van der Waals surface area contributed by atoms with Gasteiger partial charge in [0.2, 0.25) is 5.91 Å². The van der Waals surface area contributed by atoms with E-state index in [1.165, 1.54) is 0 Å². The van der Waals surface area contributed by atoms with E-state index in [4.69, 9.17) is 5.73 Å². The number of benzene rings is 1. The number of rotatable bonds is 6. The van der Waals surface area contributed by atoms with Gasteiger partial charge < -0.3 is 11.1 Å². The molecule has 0 spiro atoms. The van der Waals surface area contributed by atoms with Crippen LogP contribution in [0.5, 0.6) is 0 Å². The van der Waals surface area contributed by atoms with Crippen molar-refractivity contribution in [3.05, 3.63) is 35.4 Å². The predicted octanol–water partition coefficient (Wildman–Crippen LogP) is 2.20. The van der Waals surface area contributed by atoms with Crippen LogP contribution in [0.2, 0.25) is 0 Å². The van der Waals surface area contributed by atoms with E-state index >= 15 is 0 Å². The zero-order chi connectivity index (χ0) is 12.7. The van der Waals surface area contributed by atoms with E-state index < -0.39 is 0 Å². The van der Waals surface area contributed by atoms with Crippen LogP contribution < -0.4 is 11.1 Å². The Morgan fingerprint density at radius 3 is 2.53 bits per heavy atom. The average Bonchev–Trinajstić information content (AvgIpc) is 2.38. The van der Waals surface area contributed by atoms with Crippen molar-refractivity contribution in [2.45, 2.75) is 39.8 Å². The Morgan fingerprint density at radius 2 is 1.94 bits per heavy atom. The highest BCUT2D eigenvalue weighted by atomic mass is 16.1. The van der Waals surface area contributed by atoms with Crippen LogP contribution in [0.4, 0.5) is 0 Å². The summed E-state index contributed by atoms with van der Waals surface area (Å²) in [5, 5.41) is 2.97. The zero-order valence-electron chi connectivity index (χ0n) is 10.7. The van der Waals surface area contributed by atoms with Crippen LogP contribution in [-0.4, -0.2) is 5.91 Å². The first-order valence-corrected chi connectivity index (χ1v) is 6.26. The second-order valence-electron chi connectivity index (χ2n) is 4.26. The van der Waals surface area contributed by atoms with Crippen LogP contribution >= 0.6 is 0 Å². The van der Waals surface area contributed by atoms with E-state index in [1.54, 1.807) is 0 Å². The molecule has 0 aliphatic heterocycles. The molecule has 0 bridgehead atoms. The van der Waals surface area contributed by atoms with Crippen molar-refractivity contribution in [3.63, 3.8) is 0 Å². The minimum atomic E-state index is 0.132. The van der Waals surface area contributed by atoms with E-state index in [2.05, 4.69) is 5.32 Å². The summed E-state index contributed by atoms with van der Waals surface area (Å²) in [6.07, 6.45) is 1.79. The summed E-state index contributed by atoms with van der Waals surface area (Å²) in [7, 11) is 0. The van der Waals surface area contributed by atoms with Crippen molar-refractivity contribution in [1.82, 2.24) is 5.32 Å². The maximum atomic E-state index is 11.8. The highest BCUT2D eigenvalue weighted by Gasteiger charge is 2.13. The average molecular weight is 234 g/mol. The number of carbonyl (C=O) groups excluding carboxylic acids is 1. The summed E-state index contributed by atoms with van der Waals surface area (Å²) in [6.45, 7) is 5.21. The molecular weight excluding hydrogens is 212 g/mol. The highest BCUT2D eigenvalue weighted by molar-refractivity contribution is 5.78. The van der Waals surface area contributed by atoms with E-state index in [0.717, 1.165) is 24.0 Å². The quantitative estimate of drug-likeness (QED) is 0.792. The summed E-state index contributed by atoms with van der Waals surface area (Å²) in [4.78, 5) is 11.8. The van der Waals surface area contributed by atoms with Gasteiger partial charge in [-0.15, -0.1) is 0 Å². The van der Waals surface area contributed by atoms with Gasteiger partial charge in [-0.3, -0.25) is 4.79 Å². The Kier molecular flexibility index (Phi) is 5.70. The molecule has 0 fully saturated rings. The summed E-state index contributed by atoms with van der Waals surface area (Å²) in [5.41, 5.74) is 7.78. The fourth-order valence-electron chi connectivity index (χ4n) is 1.86. The number of carbonyl (C=O) groups is 1. The highest BCUT2D eigenvalue weighted by Crippen LogP contribution is 2.08. The van der Waals surface area contributed by atoms with Crippen LogP contribution in [0.25, 0.3) is 0 Å². The first-order valence-electron chi connectivity index (χ1n) is 6.26. The monoisotopic (exact) mass is 234 g/mol. The molecule has 0 aliphatic rings. The van der Waals surface area contributed by atoms with Crippen molar-refractivity contribution in [2.75, 3.05) is 0 Å². The van der Waals surface area contributed by atoms with Gasteiger partial charge in [0.1, 0.15) is 0 Å². The molecule has 0 heterocycles. The molecule has 3 heteroatoms. The van der Waals surface area contributed by atoms with Crippen molar-refractivity contribution >= 4 is 5.91 Å². The lowest BCUT2D eigenvalue weighted by atomic mass is 10.0. The Bertz CT molecular complexity index is 359. The Hall–Kier alpha value is -1.35. The molecule has 0 radical (unpaired) electrons. The molecule has 1 amide bonds. The molecule has 3 nitrogen and oxygen atoms in total. The second kappa shape index (κ2) is 7.07. The maximum absolute atomic E-state index is 11.8. The lowest BCUT2D eigenvalue weighted by molar-refractivity contribution is -0.125. The Morgan fingerprint density at radius 1 is 1.29 bits per heavy atom. The standard InChI is InChI=1S/C14H22N2O/c1-3-13(4-2)14(17)16-10-12-7-5-6-11(8-12)9-15/h5-8,13H,3-4,9-10,15H2,1-2H3,(H,16,17). The van der Waals surface area contributed by atoms with Crippen molar-refractivity contribution in [2.24, 2.45) is 11.7 Å². The van der Waals surface area contributed by atoms with E-state index in [1.807, 2.05) is 38.1 Å². The first-order chi connectivity index (χ1) is 8.21. The number of hydrogen-bond acceptors (Lipinski definition) is 2. The van der Waals surface area contributed by atoms with Gasteiger partial charge >= 0.3 is 0 Å². The fourth-order valence-corrected chi connectivity index (χ4v) is 1.86. The zero-order valence-corrected chi connectivity index (χ0v) is 10.7. The number of amides is 1. The molecule has 3 N–H and O–H groups in total. The minimum absolute atomic E-state index is 0.132. The normalized spacial score (nSPS) is 10.6. The summed E-state index contributed by atoms with van der Waals surface area (Å²) in [5.74, 6) is 0.279. The molecule has 1 rings (SSSR count). The van der Waals surface area contributed by atoms with Gasteiger partial charge in [0.25, 0.3) is 0 Å². The minimum Gasteiger partial charge on any atom is -0.352 e. The second-order valence-corrected chi connectivity index (χ2v) is 4.26. The third kappa shape index (κ3) is 4.19. The molecule has 0 saturated carbocycles. The lowest BCUT2D eigenvalue weighted by Crippen LogP contribution is -2.29. The van der Waals surface area contributed by atoms with E-state index in [0.29, 0.717) is 13.1 Å². The molecule has 0 atom stereocenters. The smallest absolute Gasteiger partial charge is 0.223 e. The van der Waals surface area contributed by atoms with Gasteiger partial charge in [0.05, 0.1) is 0 Å². The molecule has 1 aromatic rings. The molecular formula is C14H22N2O. The first kappa shape index (κ1) is 13.7. The lowest BCUT2D eigenvalue weighted by Gasteiger charge is -2.13. The van der Waals surface area contributed by atoms with Crippen molar-refractivity contribution in [3.8, 4) is 0 Å². The van der Waals surface area contributed by atoms with Gasteiger partial charge in [-0.1, -0.05) is 38.1 Å². The van der Waals surface area contributed by atoms with Gasteiger partial charge in [-0.05, 0) is 24.0 Å².